The predicted molar refractivity (Wildman–Crippen MR) is 79.7 cm³/mol. The van der Waals surface area contributed by atoms with Gasteiger partial charge in [-0.25, -0.2) is 0 Å². The zero-order chi connectivity index (χ0) is 13.5. The summed E-state index contributed by atoms with van der Waals surface area (Å²) in [4.78, 5) is 9.56. The molecule has 2 aliphatic rings. The smallest absolute Gasteiger partial charge is 0.0646 e. The first-order chi connectivity index (χ1) is 8.28. The van der Waals surface area contributed by atoms with Gasteiger partial charge >= 0.3 is 0 Å². The molecule has 1 unspecified atom stereocenters. The molecule has 1 heterocycles. The summed E-state index contributed by atoms with van der Waals surface area (Å²) in [7, 11) is 0. The van der Waals surface area contributed by atoms with Crippen LogP contribution < -0.4 is 0 Å². The molecule has 1 aliphatic heterocycles. The van der Waals surface area contributed by atoms with Gasteiger partial charge in [0.25, 0.3) is 0 Å². The van der Waals surface area contributed by atoms with Crippen molar-refractivity contribution in [1.29, 1.82) is 0 Å². The maximum Gasteiger partial charge on any atom is 0.0646 e. The lowest BCUT2D eigenvalue weighted by Crippen LogP contribution is -2.33. The number of rotatable bonds is 1. The number of nitrogens with zero attached hydrogens (tertiary/aromatic N) is 2. The second kappa shape index (κ2) is 4.49. The highest BCUT2D eigenvalue weighted by Crippen LogP contribution is 2.35. The van der Waals surface area contributed by atoms with Crippen LogP contribution in [-0.4, -0.2) is 23.0 Å². The van der Waals surface area contributed by atoms with Gasteiger partial charge in [0, 0.05) is 6.04 Å². The Labute approximate surface area is 111 Å². The third kappa shape index (κ3) is 2.63. The summed E-state index contributed by atoms with van der Waals surface area (Å²) in [6.07, 6.45) is 5.51. The van der Waals surface area contributed by atoms with E-state index in [2.05, 4.69) is 58.7 Å². The first-order valence-corrected chi connectivity index (χ1v) is 6.87. The van der Waals surface area contributed by atoms with Crippen LogP contribution in [0.2, 0.25) is 0 Å². The number of aliphatic imine (C=N–C) groups is 2. The molecule has 0 aromatic carbocycles. The SMILES string of the molecule is CC1=CC(=NC(C)C)C=C2C1=NC(C)(C)CC2C. The quantitative estimate of drug-likeness (QED) is 0.623. The van der Waals surface area contributed by atoms with Crippen molar-refractivity contribution in [3.63, 3.8) is 0 Å². The Morgan fingerprint density at radius 1 is 1.33 bits per heavy atom. The zero-order valence-corrected chi connectivity index (χ0v) is 12.4. The summed E-state index contributed by atoms with van der Waals surface area (Å²) in [6, 6.07) is 0.342. The van der Waals surface area contributed by atoms with E-state index in [0.717, 1.165) is 12.1 Å². The molecule has 0 spiro atoms. The van der Waals surface area contributed by atoms with Gasteiger partial charge in [0.2, 0.25) is 0 Å². The van der Waals surface area contributed by atoms with E-state index in [9.17, 15) is 0 Å². The normalized spacial score (nSPS) is 28.7. The van der Waals surface area contributed by atoms with Crippen molar-refractivity contribution in [3.8, 4) is 0 Å². The maximum atomic E-state index is 4.91. The number of hydrogen-bond acceptors (Lipinski definition) is 2. The van der Waals surface area contributed by atoms with Gasteiger partial charge in [-0.3, -0.25) is 9.98 Å². The molecular weight excluding hydrogens is 220 g/mol. The third-order valence-corrected chi connectivity index (χ3v) is 3.47. The van der Waals surface area contributed by atoms with E-state index in [1.807, 2.05) is 0 Å². The lowest BCUT2D eigenvalue weighted by molar-refractivity contribution is 0.406. The fraction of sp³-hybridized carbons (Fsp3) is 0.625. The fourth-order valence-electron chi connectivity index (χ4n) is 2.90. The fourth-order valence-corrected chi connectivity index (χ4v) is 2.90. The summed E-state index contributed by atoms with van der Waals surface area (Å²) in [5.41, 5.74) is 4.98. The molecule has 0 N–H and O–H groups in total. The Hall–Kier alpha value is -1.18. The molecule has 1 aliphatic carbocycles. The van der Waals surface area contributed by atoms with Gasteiger partial charge in [-0.15, -0.1) is 0 Å². The zero-order valence-electron chi connectivity index (χ0n) is 12.4. The van der Waals surface area contributed by atoms with E-state index in [1.165, 1.54) is 16.9 Å². The van der Waals surface area contributed by atoms with E-state index in [-0.39, 0.29) is 5.54 Å². The van der Waals surface area contributed by atoms with Crippen LogP contribution in [0.25, 0.3) is 0 Å². The molecule has 0 aromatic rings. The highest BCUT2D eigenvalue weighted by molar-refractivity contribution is 6.24. The lowest BCUT2D eigenvalue weighted by atomic mass is 9.77. The lowest BCUT2D eigenvalue weighted by Gasteiger charge is -2.35. The molecule has 0 radical (unpaired) electrons. The summed E-state index contributed by atoms with van der Waals surface area (Å²) in [6.45, 7) is 13.1. The predicted octanol–water partition coefficient (Wildman–Crippen LogP) is 3.98. The average Bonchev–Trinajstić information content (AvgIpc) is 2.18. The van der Waals surface area contributed by atoms with Gasteiger partial charge in [-0.1, -0.05) is 6.92 Å². The minimum absolute atomic E-state index is 0.0634. The first kappa shape index (κ1) is 13.3. The second-order valence-electron chi connectivity index (χ2n) is 6.45. The molecule has 2 nitrogen and oxygen atoms in total. The standard InChI is InChI=1S/C16H24N2/c1-10(2)17-13-7-11(3)15-14(8-13)12(4)9-16(5,6)18-15/h7-8,10,12H,9H2,1-6H3. The van der Waals surface area contributed by atoms with Crippen LogP contribution in [0, 0.1) is 5.92 Å². The van der Waals surface area contributed by atoms with Gasteiger partial charge in [-0.05, 0) is 70.3 Å². The molecule has 0 saturated heterocycles. The van der Waals surface area contributed by atoms with E-state index >= 15 is 0 Å². The molecule has 18 heavy (non-hydrogen) atoms. The van der Waals surface area contributed by atoms with Crippen molar-refractivity contribution in [2.24, 2.45) is 15.9 Å². The van der Waals surface area contributed by atoms with Crippen LogP contribution in [0.5, 0.6) is 0 Å². The molecule has 98 valence electrons. The summed E-state index contributed by atoms with van der Waals surface area (Å²) in [5, 5.41) is 0. The Balaban J connectivity index is 2.47. The third-order valence-electron chi connectivity index (χ3n) is 3.47. The van der Waals surface area contributed by atoms with Crippen LogP contribution in [0.4, 0.5) is 0 Å². The molecular formula is C16H24N2. The van der Waals surface area contributed by atoms with Crippen LogP contribution in [0.15, 0.2) is 33.3 Å². The summed E-state index contributed by atoms with van der Waals surface area (Å²) < 4.78 is 0. The molecule has 0 aromatic heterocycles. The Bertz CT molecular complexity index is 473. The number of allylic oxidation sites excluding steroid dienone is 4. The number of fused-ring (bicyclic) bond motifs is 1. The van der Waals surface area contributed by atoms with Gasteiger partial charge in [0.1, 0.15) is 0 Å². The highest BCUT2D eigenvalue weighted by Gasteiger charge is 2.32. The average molecular weight is 244 g/mol. The van der Waals surface area contributed by atoms with Gasteiger partial charge in [-0.2, -0.15) is 0 Å². The molecule has 2 heteroatoms. The largest absolute Gasteiger partial charge is 0.283 e. The van der Waals surface area contributed by atoms with Crippen LogP contribution >= 0.6 is 0 Å². The van der Waals surface area contributed by atoms with Crippen molar-refractivity contribution in [3.05, 3.63) is 23.3 Å². The highest BCUT2D eigenvalue weighted by atomic mass is 14.9. The van der Waals surface area contributed by atoms with Gasteiger partial charge in [0.15, 0.2) is 0 Å². The van der Waals surface area contributed by atoms with E-state index in [0.29, 0.717) is 12.0 Å². The van der Waals surface area contributed by atoms with Crippen LogP contribution in [0.3, 0.4) is 0 Å². The first-order valence-electron chi connectivity index (χ1n) is 6.87. The van der Waals surface area contributed by atoms with E-state index < -0.39 is 0 Å². The number of hydrogen-bond donors (Lipinski definition) is 0. The van der Waals surface area contributed by atoms with Crippen molar-refractivity contribution in [1.82, 2.24) is 0 Å². The van der Waals surface area contributed by atoms with Crippen molar-refractivity contribution in [2.75, 3.05) is 0 Å². The molecule has 1 atom stereocenters. The van der Waals surface area contributed by atoms with E-state index in [4.69, 9.17) is 4.99 Å². The van der Waals surface area contributed by atoms with E-state index in [1.54, 1.807) is 0 Å². The summed E-state index contributed by atoms with van der Waals surface area (Å²) >= 11 is 0. The van der Waals surface area contributed by atoms with Gasteiger partial charge < -0.3 is 0 Å². The Morgan fingerprint density at radius 2 is 2.00 bits per heavy atom. The van der Waals surface area contributed by atoms with Crippen LogP contribution in [0.1, 0.15) is 48.0 Å². The molecule has 0 fully saturated rings. The van der Waals surface area contributed by atoms with Crippen molar-refractivity contribution >= 4 is 11.4 Å². The van der Waals surface area contributed by atoms with Gasteiger partial charge in [0.05, 0.1) is 17.0 Å². The molecule has 2 rings (SSSR count). The van der Waals surface area contributed by atoms with Crippen LogP contribution in [-0.2, 0) is 0 Å². The van der Waals surface area contributed by atoms with Crippen molar-refractivity contribution < 1.29 is 0 Å². The minimum Gasteiger partial charge on any atom is -0.283 e. The summed E-state index contributed by atoms with van der Waals surface area (Å²) in [5.74, 6) is 0.563. The topological polar surface area (TPSA) is 24.7 Å². The van der Waals surface area contributed by atoms with Crippen molar-refractivity contribution in [2.45, 2.75) is 59.5 Å². The minimum atomic E-state index is 0.0634. The molecule has 0 bridgehead atoms. The second-order valence-corrected chi connectivity index (χ2v) is 6.45. The monoisotopic (exact) mass is 244 g/mol. The molecule has 0 amide bonds. The maximum absolute atomic E-state index is 4.91. The Morgan fingerprint density at radius 3 is 2.61 bits per heavy atom. The molecule has 0 saturated carbocycles. The Kier molecular flexibility index (Phi) is 3.31.